The molecule has 4 saturated carbocycles. The van der Waals surface area contributed by atoms with Gasteiger partial charge in [-0.2, -0.15) is 0 Å². The van der Waals surface area contributed by atoms with Gasteiger partial charge in [-0.05, 0) is 79.0 Å². The second kappa shape index (κ2) is 3.45. The zero-order valence-electron chi connectivity index (χ0n) is 10.9. The maximum Gasteiger partial charge on any atom is 0.240 e. The van der Waals surface area contributed by atoms with E-state index in [0.29, 0.717) is 17.4 Å². The van der Waals surface area contributed by atoms with Crippen LogP contribution < -0.4 is 5.73 Å². The highest BCUT2D eigenvalue weighted by Gasteiger charge is 2.54. The van der Waals surface area contributed by atoms with E-state index in [1.807, 2.05) is 4.68 Å². The predicted octanol–water partition coefficient (Wildman–Crippen LogP) is 2.03. The standard InChI is InChI=1S/C13H21N5/c1-8(18-12(14)15-16-17-18)13-5-9-2-10(6-13)4-11(3-9)7-13/h8-11H,2-7H2,1H3,(H2,14,15,17). The Balaban J connectivity index is 1.69. The first kappa shape index (κ1) is 10.8. The zero-order chi connectivity index (χ0) is 12.3. The molecule has 4 aliphatic carbocycles. The molecule has 0 saturated heterocycles. The van der Waals surface area contributed by atoms with Gasteiger partial charge in [-0.15, -0.1) is 0 Å². The molecule has 1 heterocycles. The Morgan fingerprint density at radius 2 is 1.72 bits per heavy atom. The fourth-order valence-corrected chi connectivity index (χ4v) is 5.43. The maximum atomic E-state index is 5.89. The summed E-state index contributed by atoms with van der Waals surface area (Å²) in [6.45, 7) is 2.26. The number of hydrogen-bond donors (Lipinski definition) is 1. The summed E-state index contributed by atoms with van der Waals surface area (Å²) in [6.07, 6.45) is 8.49. The summed E-state index contributed by atoms with van der Waals surface area (Å²) >= 11 is 0. The molecule has 0 aromatic carbocycles. The Bertz CT molecular complexity index is 430. The van der Waals surface area contributed by atoms with Crippen LogP contribution in [0.2, 0.25) is 0 Å². The van der Waals surface area contributed by atoms with Crippen LogP contribution in [0, 0.1) is 23.2 Å². The van der Waals surface area contributed by atoms with Crippen molar-refractivity contribution in [1.29, 1.82) is 0 Å². The van der Waals surface area contributed by atoms with Crippen molar-refractivity contribution < 1.29 is 0 Å². The predicted molar refractivity (Wildman–Crippen MR) is 67.5 cm³/mol. The van der Waals surface area contributed by atoms with Crippen molar-refractivity contribution in [2.75, 3.05) is 5.73 Å². The molecule has 18 heavy (non-hydrogen) atoms. The Hall–Kier alpha value is -1.13. The minimum atomic E-state index is 0.348. The monoisotopic (exact) mass is 247 g/mol. The van der Waals surface area contributed by atoms with Crippen LogP contribution in [0.1, 0.15) is 51.5 Å². The van der Waals surface area contributed by atoms with E-state index in [9.17, 15) is 0 Å². The minimum absolute atomic E-state index is 0.348. The first-order chi connectivity index (χ1) is 8.66. The quantitative estimate of drug-likeness (QED) is 0.868. The van der Waals surface area contributed by atoms with Crippen molar-refractivity contribution in [2.45, 2.75) is 51.5 Å². The number of nitrogen functional groups attached to an aromatic ring is 1. The lowest BCUT2D eigenvalue weighted by Crippen LogP contribution is -2.49. The van der Waals surface area contributed by atoms with Crippen LogP contribution in [-0.4, -0.2) is 20.2 Å². The fraction of sp³-hybridized carbons (Fsp3) is 0.923. The van der Waals surface area contributed by atoms with Gasteiger partial charge in [0.15, 0.2) is 0 Å². The molecule has 0 amide bonds. The molecular formula is C13H21N5. The van der Waals surface area contributed by atoms with E-state index >= 15 is 0 Å². The molecule has 5 heteroatoms. The third-order valence-corrected chi connectivity index (χ3v) is 5.86. The average Bonchev–Trinajstić information content (AvgIpc) is 2.72. The molecule has 5 rings (SSSR count). The summed E-state index contributed by atoms with van der Waals surface area (Å²) in [4.78, 5) is 0. The van der Waals surface area contributed by atoms with Crippen LogP contribution in [0.4, 0.5) is 5.95 Å². The highest BCUT2D eigenvalue weighted by Crippen LogP contribution is 2.63. The van der Waals surface area contributed by atoms with Gasteiger partial charge in [0.05, 0.1) is 6.04 Å². The van der Waals surface area contributed by atoms with E-state index in [1.165, 1.54) is 38.5 Å². The van der Waals surface area contributed by atoms with Gasteiger partial charge >= 0.3 is 0 Å². The van der Waals surface area contributed by atoms with Crippen molar-refractivity contribution in [3.63, 3.8) is 0 Å². The number of nitrogens with two attached hydrogens (primary N) is 1. The molecule has 5 nitrogen and oxygen atoms in total. The van der Waals surface area contributed by atoms with Crippen molar-refractivity contribution in [1.82, 2.24) is 20.2 Å². The molecule has 1 aromatic heterocycles. The van der Waals surface area contributed by atoms with Crippen LogP contribution in [0.25, 0.3) is 0 Å². The third kappa shape index (κ3) is 1.36. The van der Waals surface area contributed by atoms with E-state index in [1.54, 1.807) is 0 Å². The highest BCUT2D eigenvalue weighted by molar-refractivity contribution is 5.14. The normalized spacial score (nSPS) is 43.3. The zero-order valence-corrected chi connectivity index (χ0v) is 10.9. The van der Waals surface area contributed by atoms with Gasteiger partial charge in [-0.25, -0.2) is 4.68 Å². The molecule has 1 atom stereocenters. The lowest BCUT2D eigenvalue weighted by molar-refractivity contribution is -0.0808. The summed E-state index contributed by atoms with van der Waals surface area (Å²) in [5.74, 6) is 3.34. The van der Waals surface area contributed by atoms with Gasteiger partial charge in [0.25, 0.3) is 0 Å². The Morgan fingerprint density at radius 3 is 2.17 bits per heavy atom. The van der Waals surface area contributed by atoms with Gasteiger partial charge in [0.2, 0.25) is 5.95 Å². The summed E-state index contributed by atoms with van der Waals surface area (Å²) in [6, 6.07) is 0.348. The lowest BCUT2D eigenvalue weighted by atomic mass is 9.48. The van der Waals surface area contributed by atoms with E-state index < -0.39 is 0 Å². The Morgan fingerprint density at radius 1 is 1.17 bits per heavy atom. The van der Waals surface area contributed by atoms with E-state index in [-0.39, 0.29) is 0 Å². The van der Waals surface area contributed by atoms with Crippen molar-refractivity contribution >= 4 is 5.95 Å². The first-order valence-electron chi connectivity index (χ1n) is 7.20. The molecule has 0 radical (unpaired) electrons. The third-order valence-electron chi connectivity index (χ3n) is 5.86. The molecule has 0 spiro atoms. The SMILES string of the molecule is CC(n1nnnc1N)C12CC3CC(CC(C3)C1)C2. The number of rotatable bonds is 2. The topological polar surface area (TPSA) is 69.6 Å². The molecule has 1 unspecified atom stereocenters. The number of tetrazole rings is 1. The molecule has 2 N–H and O–H groups in total. The van der Waals surface area contributed by atoms with Gasteiger partial charge in [-0.1, -0.05) is 5.10 Å². The average molecular weight is 247 g/mol. The number of anilines is 1. The number of aromatic nitrogens is 4. The van der Waals surface area contributed by atoms with Gasteiger partial charge in [0, 0.05) is 0 Å². The van der Waals surface area contributed by atoms with Crippen molar-refractivity contribution in [3.8, 4) is 0 Å². The van der Waals surface area contributed by atoms with Crippen LogP contribution in [0.15, 0.2) is 0 Å². The lowest BCUT2D eigenvalue weighted by Gasteiger charge is -2.58. The Labute approximate surface area is 107 Å². The second-order valence-corrected chi connectivity index (χ2v) is 6.94. The van der Waals surface area contributed by atoms with Gasteiger partial charge < -0.3 is 5.73 Å². The molecule has 4 fully saturated rings. The molecule has 1 aromatic rings. The van der Waals surface area contributed by atoms with Crippen molar-refractivity contribution in [2.24, 2.45) is 23.2 Å². The minimum Gasteiger partial charge on any atom is -0.367 e. The summed E-state index contributed by atoms with van der Waals surface area (Å²) in [7, 11) is 0. The summed E-state index contributed by atoms with van der Waals surface area (Å²) in [5.41, 5.74) is 6.30. The van der Waals surface area contributed by atoms with Crippen LogP contribution >= 0.6 is 0 Å². The maximum absolute atomic E-state index is 5.89. The number of hydrogen-bond acceptors (Lipinski definition) is 4. The van der Waals surface area contributed by atoms with Gasteiger partial charge in [0.1, 0.15) is 0 Å². The first-order valence-corrected chi connectivity index (χ1v) is 7.20. The van der Waals surface area contributed by atoms with E-state index in [0.717, 1.165) is 17.8 Å². The molecular weight excluding hydrogens is 226 g/mol. The molecule has 98 valence electrons. The summed E-state index contributed by atoms with van der Waals surface area (Å²) in [5, 5.41) is 11.7. The Kier molecular flexibility index (Phi) is 2.07. The fourth-order valence-electron chi connectivity index (χ4n) is 5.43. The largest absolute Gasteiger partial charge is 0.367 e. The highest BCUT2D eigenvalue weighted by atomic mass is 15.6. The van der Waals surface area contributed by atoms with Gasteiger partial charge in [-0.3, -0.25) is 0 Å². The molecule has 0 aliphatic heterocycles. The van der Waals surface area contributed by atoms with Crippen LogP contribution in [0.5, 0.6) is 0 Å². The van der Waals surface area contributed by atoms with Crippen LogP contribution in [-0.2, 0) is 0 Å². The van der Waals surface area contributed by atoms with Crippen LogP contribution in [0.3, 0.4) is 0 Å². The smallest absolute Gasteiger partial charge is 0.240 e. The van der Waals surface area contributed by atoms with E-state index in [4.69, 9.17) is 5.73 Å². The number of nitrogens with zero attached hydrogens (tertiary/aromatic N) is 4. The van der Waals surface area contributed by atoms with Crippen molar-refractivity contribution in [3.05, 3.63) is 0 Å². The summed E-state index contributed by atoms with van der Waals surface area (Å²) < 4.78 is 1.85. The molecule has 4 bridgehead atoms. The molecule has 4 aliphatic rings. The van der Waals surface area contributed by atoms with E-state index in [2.05, 4.69) is 22.4 Å². The second-order valence-electron chi connectivity index (χ2n) is 6.94.